The summed E-state index contributed by atoms with van der Waals surface area (Å²) in [6, 6.07) is 6.92. The zero-order chi connectivity index (χ0) is 14.8. The van der Waals surface area contributed by atoms with Gasteiger partial charge < -0.3 is 5.11 Å². The van der Waals surface area contributed by atoms with Crippen molar-refractivity contribution < 1.29 is 13.5 Å². The monoisotopic (exact) mass is 297 g/mol. The molecule has 1 aromatic carbocycles. The summed E-state index contributed by atoms with van der Waals surface area (Å²) >= 11 is 0. The zero-order valence-electron chi connectivity index (χ0n) is 12.1. The Hall–Kier alpha value is -0.910. The average Bonchev–Trinajstić information content (AvgIpc) is 2.84. The molecule has 1 saturated carbocycles. The molecule has 1 fully saturated rings. The molecule has 2 N–H and O–H groups in total. The highest BCUT2D eigenvalue weighted by atomic mass is 32.2. The molecule has 112 valence electrons. The molecule has 0 saturated heterocycles. The number of hydrogen-bond acceptors (Lipinski definition) is 3. The van der Waals surface area contributed by atoms with Crippen LogP contribution in [0.2, 0.25) is 0 Å². The molecule has 0 unspecified atom stereocenters. The maximum atomic E-state index is 12.2. The number of benzene rings is 1. The van der Waals surface area contributed by atoms with Crippen LogP contribution in [0, 0.1) is 0 Å². The molecule has 2 rings (SSSR count). The van der Waals surface area contributed by atoms with Gasteiger partial charge in [-0.3, -0.25) is 0 Å². The van der Waals surface area contributed by atoms with E-state index in [1.807, 2.05) is 12.1 Å². The van der Waals surface area contributed by atoms with Crippen LogP contribution < -0.4 is 4.72 Å². The van der Waals surface area contributed by atoms with Gasteiger partial charge in [0.1, 0.15) is 0 Å². The van der Waals surface area contributed by atoms with Gasteiger partial charge in [-0.05, 0) is 36.5 Å². The minimum atomic E-state index is -3.54. The third-order valence-corrected chi connectivity index (χ3v) is 5.40. The first-order valence-corrected chi connectivity index (χ1v) is 8.63. The van der Waals surface area contributed by atoms with Gasteiger partial charge in [-0.1, -0.05) is 38.8 Å². The van der Waals surface area contributed by atoms with E-state index in [0.29, 0.717) is 18.8 Å². The van der Waals surface area contributed by atoms with Crippen molar-refractivity contribution in [2.24, 2.45) is 0 Å². The predicted octanol–water partition coefficient (Wildman–Crippen LogP) is 2.39. The van der Waals surface area contributed by atoms with E-state index < -0.39 is 15.6 Å². The van der Waals surface area contributed by atoms with Gasteiger partial charge in [0.2, 0.25) is 10.0 Å². The Morgan fingerprint density at radius 2 is 1.75 bits per heavy atom. The quantitative estimate of drug-likeness (QED) is 0.877. The lowest BCUT2D eigenvalue weighted by Gasteiger charge is -2.22. The van der Waals surface area contributed by atoms with E-state index in [4.69, 9.17) is 0 Å². The van der Waals surface area contributed by atoms with Crippen molar-refractivity contribution in [1.82, 2.24) is 4.72 Å². The molecule has 0 bridgehead atoms. The van der Waals surface area contributed by atoms with Crippen molar-refractivity contribution in [3.8, 4) is 0 Å². The molecule has 1 aromatic rings. The van der Waals surface area contributed by atoms with Gasteiger partial charge in [0, 0.05) is 6.54 Å². The van der Waals surface area contributed by atoms with E-state index in [-0.39, 0.29) is 11.4 Å². The Morgan fingerprint density at radius 1 is 1.20 bits per heavy atom. The molecule has 0 aromatic heterocycles. The highest BCUT2D eigenvalue weighted by Gasteiger charge is 2.32. The fraction of sp³-hybridized carbons (Fsp3) is 0.600. The zero-order valence-corrected chi connectivity index (χ0v) is 12.9. The Morgan fingerprint density at radius 3 is 2.25 bits per heavy atom. The second kappa shape index (κ2) is 5.84. The fourth-order valence-electron chi connectivity index (χ4n) is 2.55. The summed E-state index contributed by atoms with van der Waals surface area (Å²) in [5.74, 6) is 0.374. The number of hydrogen-bond donors (Lipinski definition) is 2. The summed E-state index contributed by atoms with van der Waals surface area (Å²) in [6.07, 6.45) is 3.26. The molecule has 5 heteroatoms. The minimum Gasteiger partial charge on any atom is -0.389 e. The van der Waals surface area contributed by atoms with Crippen LogP contribution in [-0.4, -0.2) is 25.7 Å². The molecule has 0 radical (unpaired) electrons. The molecule has 4 nitrogen and oxygen atoms in total. The molecule has 0 amide bonds. The van der Waals surface area contributed by atoms with E-state index in [9.17, 15) is 13.5 Å². The largest absolute Gasteiger partial charge is 0.389 e. The Bertz CT molecular complexity index is 543. The first-order valence-electron chi connectivity index (χ1n) is 7.14. The molecule has 0 atom stereocenters. The van der Waals surface area contributed by atoms with E-state index in [1.165, 1.54) is 0 Å². The van der Waals surface area contributed by atoms with Gasteiger partial charge in [-0.2, -0.15) is 0 Å². The predicted molar refractivity (Wildman–Crippen MR) is 79.1 cm³/mol. The van der Waals surface area contributed by atoms with Gasteiger partial charge in [-0.25, -0.2) is 13.1 Å². The van der Waals surface area contributed by atoms with Gasteiger partial charge in [0.15, 0.2) is 0 Å². The third kappa shape index (κ3) is 3.59. The van der Waals surface area contributed by atoms with Crippen molar-refractivity contribution in [2.75, 3.05) is 6.54 Å². The Balaban J connectivity index is 2.06. The second-order valence-electron chi connectivity index (χ2n) is 5.98. The Kier molecular flexibility index (Phi) is 4.52. The van der Waals surface area contributed by atoms with E-state index in [1.54, 1.807) is 12.1 Å². The smallest absolute Gasteiger partial charge is 0.240 e. The highest BCUT2D eigenvalue weighted by Crippen LogP contribution is 2.29. The van der Waals surface area contributed by atoms with E-state index in [0.717, 1.165) is 18.4 Å². The van der Waals surface area contributed by atoms with Crippen LogP contribution in [0.3, 0.4) is 0 Å². The van der Waals surface area contributed by atoms with E-state index >= 15 is 0 Å². The fourth-order valence-corrected chi connectivity index (χ4v) is 3.67. The SMILES string of the molecule is CC(C)c1ccc(S(=O)(=O)NCC2(O)CCCC2)cc1. The summed E-state index contributed by atoms with van der Waals surface area (Å²) in [5, 5.41) is 10.2. The van der Waals surface area contributed by atoms with Crippen LogP contribution in [-0.2, 0) is 10.0 Å². The molecule has 0 aliphatic heterocycles. The van der Waals surface area contributed by atoms with Crippen LogP contribution in [0.5, 0.6) is 0 Å². The van der Waals surface area contributed by atoms with Gasteiger partial charge in [-0.15, -0.1) is 0 Å². The number of aliphatic hydroxyl groups is 1. The minimum absolute atomic E-state index is 0.0985. The topological polar surface area (TPSA) is 66.4 Å². The molecular weight excluding hydrogens is 274 g/mol. The van der Waals surface area contributed by atoms with Crippen LogP contribution in [0.1, 0.15) is 51.0 Å². The van der Waals surface area contributed by atoms with Gasteiger partial charge in [0.05, 0.1) is 10.5 Å². The maximum Gasteiger partial charge on any atom is 0.240 e. The van der Waals surface area contributed by atoms with Crippen molar-refractivity contribution in [3.63, 3.8) is 0 Å². The summed E-state index contributed by atoms with van der Waals surface area (Å²) < 4.78 is 26.9. The summed E-state index contributed by atoms with van der Waals surface area (Å²) in [5.41, 5.74) is 0.240. The van der Waals surface area contributed by atoms with E-state index in [2.05, 4.69) is 18.6 Å². The lowest BCUT2D eigenvalue weighted by Crippen LogP contribution is -2.40. The standard InChI is InChI=1S/C15H23NO3S/c1-12(2)13-5-7-14(8-6-13)20(18,19)16-11-15(17)9-3-4-10-15/h5-8,12,16-17H,3-4,9-11H2,1-2H3. The summed E-state index contributed by atoms with van der Waals surface area (Å²) in [6.45, 7) is 4.23. The second-order valence-corrected chi connectivity index (χ2v) is 7.75. The third-order valence-electron chi connectivity index (χ3n) is 3.98. The first-order chi connectivity index (χ1) is 9.32. The molecule has 1 aliphatic rings. The average molecular weight is 297 g/mol. The molecule has 20 heavy (non-hydrogen) atoms. The number of rotatable bonds is 5. The molecule has 0 spiro atoms. The van der Waals surface area contributed by atoms with Crippen molar-refractivity contribution >= 4 is 10.0 Å². The lowest BCUT2D eigenvalue weighted by molar-refractivity contribution is 0.0532. The molecular formula is C15H23NO3S. The number of nitrogens with one attached hydrogen (secondary N) is 1. The normalized spacial score (nSPS) is 18.6. The van der Waals surface area contributed by atoms with Gasteiger partial charge in [0.25, 0.3) is 0 Å². The van der Waals surface area contributed by atoms with Crippen LogP contribution >= 0.6 is 0 Å². The lowest BCUT2D eigenvalue weighted by atomic mass is 10.0. The first kappa shape index (κ1) is 15.5. The van der Waals surface area contributed by atoms with Crippen molar-refractivity contribution in [1.29, 1.82) is 0 Å². The Labute approximate surface area is 121 Å². The van der Waals surface area contributed by atoms with Crippen LogP contribution in [0.4, 0.5) is 0 Å². The van der Waals surface area contributed by atoms with Crippen LogP contribution in [0.15, 0.2) is 29.2 Å². The summed E-state index contributed by atoms with van der Waals surface area (Å²) in [4.78, 5) is 0.253. The highest BCUT2D eigenvalue weighted by molar-refractivity contribution is 7.89. The van der Waals surface area contributed by atoms with Gasteiger partial charge >= 0.3 is 0 Å². The maximum absolute atomic E-state index is 12.2. The summed E-state index contributed by atoms with van der Waals surface area (Å²) in [7, 11) is -3.54. The molecule has 1 aliphatic carbocycles. The van der Waals surface area contributed by atoms with Crippen molar-refractivity contribution in [2.45, 2.75) is 55.9 Å². The van der Waals surface area contributed by atoms with Crippen molar-refractivity contribution in [3.05, 3.63) is 29.8 Å². The molecule has 0 heterocycles. The number of sulfonamides is 1. The van der Waals surface area contributed by atoms with Crippen LogP contribution in [0.25, 0.3) is 0 Å².